The van der Waals surface area contributed by atoms with Gasteiger partial charge in [-0.1, -0.05) is 0 Å². The minimum atomic E-state index is -2.74. The van der Waals surface area contributed by atoms with Crippen molar-refractivity contribution in [1.82, 2.24) is 0 Å². The fraction of sp³-hybridized carbons (Fsp3) is 0.800. The van der Waals surface area contributed by atoms with Crippen molar-refractivity contribution in [2.75, 3.05) is 14.2 Å². The fourth-order valence-electron chi connectivity index (χ4n) is 5.73. The van der Waals surface area contributed by atoms with Crippen LogP contribution in [0.4, 0.5) is 0 Å². The Labute approximate surface area is 193 Å². The molecule has 0 bridgehead atoms. The van der Waals surface area contributed by atoms with E-state index in [1.54, 1.807) is 6.08 Å². The summed E-state index contributed by atoms with van der Waals surface area (Å²) in [7, 11) is 2.60. The van der Waals surface area contributed by atoms with E-state index in [0.29, 0.717) is 0 Å². The molecule has 0 heterocycles. The van der Waals surface area contributed by atoms with E-state index < -0.39 is 41.1 Å². The number of hydrogen-bond donors (Lipinski definition) is 0. The number of rotatable bonds is 14. The van der Waals surface area contributed by atoms with Gasteiger partial charge in [0.15, 0.2) is 0 Å². The number of allylic oxidation sites excluding steroid dienone is 1. The summed E-state index contributed by atoms with van der Waals surface area (Å²) in [6.45, 7) is 10.7. The summed E-state index contributed by atoms with van der Waals surface area (Å²) in [5.41, 5.74) is -2.15. The van der Waals surface area contributed by atoms with Gasteiger partial charge in [0.1, 0.15) is 0 Å². The van der Waals surface area contributed by atoms with E-state index in [9.17, 15) is 14.9 Å². The van der Waals surface area contributed by atoms with Gasteiger partial charge in [-0.15, -0.1) is 0 Å². The van der Waals surface area contributed by atoms with Crippen molar-refractivity contribution >= 4 is 30.3 Å². The maximum absolute atomic E-state index is 12.8. The van der Waals surface area contributed by atoms with Crippen LogP contribution in [0.1, 0.15) is 72.1 Å². The molecule has 176 valence electrons. The van der Waals surface area contributed by atoms with E-state index in [-0.39, 0.29) is 18.8 Å². The summed E-state index contributed by atoms with van der Waals surface area (Å²) in [5.74, 6) is -1.38. The van der Waals surface area contributed by atoms with E-state index >= 15 is 0 Å². The van der Waals surface area contributed by atoms with Gasteiger partial charge < -0.3 is 0 Å². The first-order chi connectivity index (χ1) is 14.8. The standard InChI is InChI=1S/C13H16NO4.3C4H9.Sn/c1-5-9-6-13(10(15)17-3,11(16)18-4)7-12(9,2)8-14;3*1-3-4-2;/h5,9H,1-2,6-7H2,3-4H3;3*1,3-4H2,2H3;/t9-,12-;;;;/m1..../s1. The number of unbranched alkanes of at least 4 members (excludes halogenated alkanes) is 3. The number of methoxy groups -OCH3 is 2. The van der Waals surface area contributed by atoms with Gasteiger partial charge in [0.2, 0.25) is 0 Å². The summed E-state index contributed by atoms with van der Waals surface area (Å²) in [6, 6.07) is 2.64. The van der Waals surface area contributed by atoms with Gasteiger partial charge in [-0.3, -0.25) is 0 Å². The Morgan fingerprint density at radius 1 is 1.03 bits per heavy atom. The second kappa shape index (κ2) is 12.9. The van der Waals surface area contributed by atoms with Crippen LogP contribution in [0.3, 0.4) is 0 Å². The molecule has 0 radical (unpaired) electrons. The van der Waals surface area contributed by atoms with Crippen LogP contribution in [0.5, 0.6) is 0 Å². The van der Waals surface area contributed by atoms with Crippen LogP contribution < -0.4 is 0 Å². The number of hydrogen-bond acceptors (Lipinski definition) is 5. The molecule has 5 nitrogen and oxygen atoms in total. The SMILES string of the molecule is C=C[C@@H]1CC(C(=O)OC)(C(=O)OC)C[C@@]1(C#N)[CH2][Sn]([CH2]CCC)([CH2]CCC)[CH2]CCC. The van der Waals surface area contributed by atoms with Crippen LogP contribution in [0.25, 0.3) is 0 Å². The van der Waals surface area contributed by atoms with Gasteiger partial charge in [0.25, 0.3) is 0 Å². The van der Waals surface area contributed by atoms with E-state index in [2.05, 4.69) is 33.4 Å². The Morgan fingerprint density at radius 2 is 1.48 bits per heavy atom. The zero-order valence-electron chi connectivity index (χ0n) is 20.4. The van der Waals surface area contributed by atoms with Crippen molar-refractivity contribution in [2.45, 2.75) is 89.9 Å². The first-order valence-electron chi connectivity index (χ1n) is 12.0. The monoisotopic (exact) mass is 541 g/mol. The molecule has 1 aliphatic rings. The molecule has 0 aromatic rings. The van der Waals surface area contributed by atoms with Crippen molar-refractivity contribution in [2.24, 2.45) is 16.7 Å². The number of nitriles is 1. The van der Waals surface area contributed by atoms with Crippen LogP contribution >= 0.6 is 0 Å². The van der Waals surface area contributed by atoms with Crippen LogP contribution in [0.2, 0.25) is 17.7 Å². The molecule has 1 rings (SSSR count). The molecule has 0 unspecified atom stereocenters. The van der Waals surface area contributed by atoms with Crippen molar-refractivity contribution in [3.63, 3.8) is 0 Å². The molecule has 6 heteroatoms. The predicted molar refractivity (Wildman–Crippen MR) is 127 cm³/mol. The zero-order valence-corrected chi connectivity index (χ0v) is 23.3. The first kappa shape index (κ1) is 28.0. The fourth-order valence-corrected chi connectivity index (χ4v) is 24.0. The van der Waals surface area contributed by atoms with Gasteiger partial charge in [-0.05, 0) is 0 Å². The minimum absolute atomic E-state index is 0.190. The summed E-state index contributed by atoms with van der Waals surface area (Å²) >= 11 is -2.74. The Bertz CT molecular complexity index is 619. The second-order valence-electron chi connectivity index (χ2n) is 9.54. The molecule has 0 aromatic heterocycles. The first-order valence-corrected chi connectivity index (χ1v) is 20.1. The molecular formula is C25H43NO4Sn. The molecule has 1 fully saturated rings. The van der Waals surface area contributed by atoms with Crippen LogP contribution in [0.15, 0.2) is 12.7 Å². The Hall–Kier alpha value is -1.03. The molecule has 1 aliphatic carbocycles. The molecule has 0 saturated heterocycles. The quantitative estimate of drug-likeness (QED) is 0.112. The number of carbonyl (C=O) groups is 2. The topological polar surface area (TPSA) is 76.4 Å². The Morgan fingerprint density at radius 3 is 1.81 bits per heavy atom. The number of esters is 2. The van der Waals surface area contributed by atoms with Crippen molar-refractivity contribution in [1.29, 1.82) is 5.26 Å². The predicted octanol–water partition coefficient (Wildman–Crippen LogP) is 6.27. The van der Waals surface area contributed by atoms with Crippen LogP contribution in [-0.4, -0.2) is 44.5 Å². The molecule has 2 atom stereocenters. The molecule has 0 spiro atoms. The molecule has 1 saturated carbocycles. The third-order valence-corrected chi connectivity index (χ3v) is 23.5. The van der Waals surface area contributed by atoms with Gasteiger partial charge >= 0.3 is 194 Å². The molecule has 0 amide bonds. The van der Waals surface area contributed by atoms with Gasteiger partial charge in [0.05, 0.1) is 0 Å². The van der Waals surface area contributed by atoms with Gasteiger partial charge in [-0.2, -0.15) is 0 Å². The molecule has 0 aliphatic heterocycles. The maximum atomic E-state index is 12.8. The molecule has 0 N–H and O–H groups in total. The van der Waals surface area contributed by atoms with E-state index in [1.807, 2.05) is 0 Å². The average Bonchev–Trinajstić information content (AvgIpc) is 3.14. The molecular weight excluding hydrogens is 497 g/mol. The van der Waals surface area contributed by atoms with Crippen molar-refractivity contribution in [3.05, 3.63) is 12.7 Å². The van der Waals surface area contributed by atoms with Gasteiger partial charge in [0, 0.05) is 0 Å². The summed E-state index contributed by atoms with van der Waals surface area (Å²) < 4.78 is 14.8. The third kappa shape index (κ3) is 6.27. The summed E-state index contributed by atoms with van der Waals surface area (Å²) in [6.07, 6.45) is 9.36. The Balaban J connectivity index is 3.50. The molecule has 31 heavy (non-hydrogen) atoms. The van der Waals surface area contributed by atoms with Crippen LogP contribution in [-0.2, 0) is 19.1 Å². The summed E-state index contributed by atoms with van der Waals surface area (Å²) in [4.78, 5) is 25.7. The van der Waals surface area contributed by atoms with Crippen molar-refractivity contribution < 1.29 is 19.1 Å². The number of carbonyl (C=O) groups excluding carboxylic acids is 2. The molecule has 0 aromatic carbocycles. The number of ether oxygens (including phenoxy) is 2. The van der Waals surface area contributed by atoms with Crippen molar-refractivity contribution in [3.8, 4) is 6.07 Å². The van der Waals surface area contributed by atoms with E-state index in [0.717, 1.165) is 23.7 Å². The third-order valence-electron chi connectivity index (χ3n) is 7.43. The normalized spacial score (nSPS) is 22.5. The second-order valence-corrected chi connectivity index (χ2v) is 23.4. The van der Waals surface area contributed by atoms with Crippen LogP contribution in [0, 0.1) is 28.1 Å². The number of nitrogens with zero attached hydrogens (tertiary/aromatic N) is 1. The zero-order chi connectivity index (χ0) is 23.5. The van der Waals surface area contributed by atoms with Gasteiger partial charge in [-0.25, -0.2) is 0 Å². The average molecular weight is 540 g/mol. The van der Waals surface area contributed by atoms with E-state index in [1.165, 1.54) is 46.8 Å². The van der Waals surface area contributed by atoms with E-state index in [4.69, 9.17) is 9.47 Å². The summed E-state index contributed by atoms with van der Waals surface area (Å²) in [5, 5.41) is 10.5. The Kier molecular flexibility index (Phi) is 11.6.